The topological polar surface area (TPSA) is 113 Å². The fraction of sp³-hybridized carbons (Fsp3) is 0.333. The van der Waals surface area contributed by atoms with Gasteiger partial charge >= 0.3 is 11.9 Å². The van der Waals surface area contributed by atoms with E-state index in [-0.39, 0.29) is 23.1 Å². The second-order valence-electron chi connectivity index (χ2n) is 9.07. The first kappa shape index (κ1) is 29.3. The Labute approximate surface area is 228 Å². The van der Waals surface area contributed by atoms with Gasteiger partial charge in [-0.3, -0.25) is 9.59 Å². The zero-order chi connectivity index (χ0) is 28.2. The molecule has 9 nitrogen and oxygen atoms in total. The summed E-state index contributed by atoms with van der Waals surface area (Å²) in [6, 6.07) is 20.2. The standard InChI is InChI=1S/C30H34N2O7/c1-20(32-29(34)27-28(39-22(3)33)26(36-4)15-16-31-27)30(35)38-21(2)25(17-23-11-7-5-8-12-23)19-37-18-24-13-9-6-10-14-24/h5-16,20-21,25H,17-19H2,1-4H3,(H,32,34)/t20-,21-,25+/m0/s1. The Balaban J connectivity index is 1.65. The summed E-state index contributed by atoms with van der Waals surface area (Å²) in [6.45, 7) is 5.34. The molecule has 0 radical (unpaired) electrons. The lowest BCUT2D eigenvalue weighted by Gasteiger charge is -2.26. The molecule has 9 heteroatoms. The molecule has 0 aliphatic carbocycles. The number of hydrogen-bond acceptors (Lipinski definition) is 8. The van der Waals surface area contributed by atoms with Crippen LogP contribution in [-0.4, -0.2) is 48.7 Å². The third-order valence-electron chi connectivity index (χ3n) is 6.00. The molecule has 206 valence electrons. The van der Waals surface area contributed by atoms with Crippen LogP contribution >= 0.6 is 0 Å². The van der Waals surface area contributed by atoms with Crippen LogP contribution in [-0.2, 0) is 32.1 Å². The summed E-state index contributed by atoms with van der Waals surface area (Å²) in [4.78, 5) is 41.4. The Morgan fingerprint density at radius 2 is 1.56 bits per heavy atom. The number of rotatable bonds is 13. The molecule has 0 unspecified atom stereocenters. The molecule has 0 bridgehead atoms. The van der Waals surface area contributed by atoms with Crippen LogP contribution < -0.4 is 14.8 Å². The number of hydrogen-bond donors (Lipinski definition) is 1. The summed E-state index contributed by atoms with van der Waals surface area (Å²) in [7, 11) is 1.38. The lowest BCUT2D eigenvalue weighted by Crippen LogP contribution is -2.42. The molecular formula is C30H34N2O7. The van der Waals surface area contributed by atoms with Gasteiger partial charge in [0.05, 0.1) is 20.3 Å². The van der Waals surface area contributed by atoms with Gasteiger partial charge in [-0.05, 0) is 31.4 Å². The number of nitrogens with one attached hydrogen (secondary N) is 1. The van der Waals surface area contributed by atoms with Crippen molar-refractivity contribution in [2.75, 3.05) is 13.7 Å². The largest absolute Gasteiger partial charge is 0.493 e. The minimum absolute atomic E-state index is 0.126. The van der Waals surface area contributed by atoms with Gasteiger partial charge in [-0.25, -0.2) is 9.78 Å². The van der Waals surface area contributed by atoms with Crippen LogP contribution in [0.25, 0.3) is 0 Å². The number of carbonyl (C=O) groups is 3. The van der Waals surface area contributed by atoms with E-state index in [1.54, 1.807) is 0 Å². The summed E-state index contributed by atoms with van der Waals surface area (Å²) < 4.78 is 22.1. The Morgan fingerprint density at radius 3 is 2.18 bits per heavy atom. The zero-order valence-corrected chi connectivity index (χ0v) is 22.6. The Kier molecular flexibility index (Phi) is 11.0. The molecule has 39 heavy (non-hydrogen) atoms. The van der Waals surface area contributed by atoms with Gasteiger partial charge in [0.1, 0.15) is 12.1 Å². The zero-order valence-electron chi connectivity index (χ0n) is 22.6. The normalized spacial score (nSPS) is 13.0. The Morgan fingerprint density at radius 1 is 0.923 bits per heavy atom. The van der Waals surface area contributed by atoms with E-state index in [4.69, 9.17) is 18.9 Å². The van der Waals surface area contributed by atoms with E-state index in [0.717, 1.165) is 11.1 Å². The van der Waals surface area contributed by atoms with Crippen molar-refractivity contribution in [1.29, 1.82) is 0 Å². The van der Waals surface area contributed by atoms with E-state index in [0.29, 0.717) is 19.6 Å². The molecule has 1 amide bonds. The van der Waals surface area contributed by atoms with Gasteiger partial charge in [0.15, 0.2) is 11.4 Å². The molecule has 1 aromatic heterocycles. The second-order valence-corrected chi connectivity index (χ2v) is 9.07. The molecule has 3 rings (SSSR count). The van der Waals surface area contributed by atoms with Gasteiger partial charge in [0, 0.05) is 25.1 Å². The SMILES string of the molecule is COc1ccnc(C(=O)N[C@@H](C)C(=O)O[C@@H](C)[C@@H](COCc2ccccc2)Cc2ccccc2)c1OC(C)=O. The van der Waals surface area contributed by atoms with Crippen molar-refractivity contribution in [3.63, 3.8) is 0 Å². The number of carbonyl (C=O) groups excluding carboxylic acids is 3. The molecule has 0 fully saturated rings. The summed E-state index contributed by atoms with van der Waals surface area (Å²) in [6.07, 6.45) is 1.49. The molecule has 1 heterocycles. The average molecular weight is 535 g/mol. The molecule has 0 saturated carbocycles. The molecule has 0 aliphatic heterocycles. The molecule has 3 aromatic rings. The van der Waals surface area contributed by atoms with E-state index in [9.17, 15) is 14.4 Å². The van der Waals surface area contributed by atoms with Gasteiger partial charge in [0.2, 0.25) is 5.75 Å². The maximum absolute atomic E-state index is 13.0. The van der Waals surface area contributed by atoms with Crippen molar-refractivity contribution in [2.45, 2.75) is 45.9 Å². The van der Waals surface area contributed by atoms with Crippen LogP contribution in [0.5, 0.6) is 11.5 Å². The molecule has 0 aliphatic rings. The third-order valence-corrected chi connectivity index (χ3v) is 6.00. The van der Waals surface area contributed by atoms with E-state index in [1.165, 1.54) is 33.2 Å². The molecule has 1 N–H and O–H groups in total. The Bertz CT molecular complexity index is 1230. The minimum Gasteiger partial charge on any atom is -0.493 e. The van der Waals surface area contributed by atoms with Crippen LogP contribution in [0.15, 0.2) is 72.9 Å². The van der Waals surface area contributed by atoms with Crippen LogP contribution in [0.3, 0.4) is 0 Å². The molecular weight excluding hydrogens is 500 g/mol. The predicted molar refractivity (Wildman–Crippen MR) is 144 cm³/mol. The number of nitrogens with zero attached hydrogens (tertiary/aromatic N) is 1. The molecule has 0 spiro atoms. The van der Waals surface area contributed by atoms with Gasteiger partial charge in [0.25, 0.3) is 5.91 Å². The van der Waals surface area contributed by atoms with E-state index in [2.05, 4.69) is 10.3 Å². The van der Waals surface area contributed by atoms with Gasteiger partial charge in [-0.1, -0.05) is 60.7 Å². The lowest BCUT2D eigenvalue weighted by atomic mass is 9.95. The van der Waals surface area contributed by atoms with Crippen LogP contribution in [0, 0.1) is 5.92 Å². The number of methoxy groups -OCH3 is 1. The van der Waals surface area contributed by atoms with Crippen molar-refractivity contribution >= 4 is 17.8 Å². The summed E-state index contributed by atoms with van der Waals surface area (Å²) in [5.74, 6) is -2.07. The Hall–Kier alpha value is -4.24. The fourth-order valence-corrected chi connectivity index (χ4v) is 3.88. The fourth-order valence-electron chi connectivity index (χ4n) is 3.88. The molecule has 3 atom stereocenters. The number of pyridine rings is 1. The smallest absolute Gasteiger partial charge is 0.328 e. The van der Waals surface area contributed by atoms with E-state index >= 15 is 0 Å². The highest BCUT2D eigenvalue weighted by atomic mass is 16.6. The highest BCUT2D eigenvalue weighted by Gasteiger charge is 2.28. The van der Waals surface area contributed by atoms with Crippen molar-refractivity contribution < 1.29 is 33.3 Å². The van der Waals surface area contributed by atoms with Crippen LogP contribution in [0.1, 0.15) is 42.4 Å². The molecule has 2 aromatic carbocycles. The predicted octanol–water partition coefficient (Wildman–Crippen LogP) is 4.14. The third kappa shape index (κ3) is 8.93. The second kappa shape index (κ2) is 14.6. The maximum Gasteiger partial charge on any atom is 0.328 e. The first-order chi connectivity index (χ1) is 18.8. The summed E-state index contributed by atoms with van der Waals surface area (Å²) in [5.41, 5.74) is 1.96. The number of benzene rings is 2. The van der Waals surface area contributed by atoms with Gasteiger partial charge in [-0.15, -0.1) is 0 Å². The van der Waals surface area contributed by atoms with Gasteiger partial charge in [-0.2, -0.15) is 0 Å². The van der Waals surface area contributed by atoms with Crippen LogP contribution in [0.4, 0.5) is 0 Å². The summed E-state index contributed by atoms with van der Waals surface area (Å²) >= 11 is 0. The van der Waals surface area contributed by atoms with Crippen molar-refractivity contribution in [3.8, 4) is 11.5 Å². The quantitative estimate of drug-likeness (QED) is 0.326. The van der Waals surface area contributed by atoms with Crippen molar-refractivity contribution in [3.05, 3.63) is 89.7 Å². The highest BCUT2D eigenvalue weighted by Crippen LogP contribution is 2.29. The minimum atomic E-state index is -0.999. The number of amides is 1. The van der Waals surface area contributed by atoms with Crippen molar-refractivity contribution in [2.24, 2.45) is 5.92 Å². The summed E-state index contributed by atoms with van der Waals surface area (Å²) in [5, 5.41) is 2.57. The molecule has 0 saturated heterocycles. The number of ether oxygens (including phenoxy) is 4. The van der Waals surface area contributed by atoms with E-state index < -0.39 is 30.0 Å². The van der Waals surface area contributed by atoms with Gasteiger partial charge < -0.3 is 24.3 Å². The average Bonchev–Trinajstić information content (AvgIpc) is 2.93. The monoisotopic (exact) mass is 534 g/mol. The number of esters is 2. The van der Waals surface area contributed by atoms with E-state index in [1.807, 2.05) is 67.6 Å². The van der Waals surface area contributed by atoms with Crippen LogP contribution in [0.2, 0.25) is 0 Å². The maximum atomic E-state index is 13.0. The lowest BCUT2D eigenvalue weighted by molar-refractivity contribution is -0.154. The first-order valence-electron chi connectivity index (χ1n) is 12.7. The highest BCUT2D eigenvalue weighted by molar-refractivity contribution is 5.98. The first-order valence-corrected chi connectivity index (χ1v) is 12.7. The number of aromatic nitrogens is 1. The van der Waals surface area contributed by atoms with Crippen molar-refractivity contribution in [1.82, 2.24) is 10.3 Å².